The number of ether oxygens (including phenoxy) is 3. The molecule has 1 atom stereocenters. The van der Waals surface area contributed by atoms with Crippen molar-refractivity contribution in [2.45, 2.75) is 13.0 Å². The minimum atomic E-state index is -0.227. The zero-order chi connectivity index (χ0) is 16.2. The van der Waals surface area contributed by atoms with Crippen LogP contribution in [0.1, 0.15) is 18.5 Å². The second-order valence-electron chi connectivity index (χ2n) is 5.12. The van der Waals surface area contributed by atoms with Crippen LogP contribution in [0.3, 0.4) is 0 Å². The predicted molar refractivity (Wildman–Crippen MR) is 86.1 cm³/mol. The van der Waals surface area contributed by atoms with E-state index in [0.29, 0.717) is 22.3 Å². The molecule has 1 unspecified atom stereocenters. The number of rotatable bonds is 5. The molecule has 1 heterocycles. The Morgan fingerprint density at radius 3 is 2.87 bits per heavy atom. The lowest BCUT2D eigenvalue weighted by atomic mass is 10.1. The fourth-order valence-electron chi connectivity index (χ4n) is 2.25. The van der Waals surface area contributed by atoms with Gasteiger partial charge >= 0.3 is 0 Å². The van der Waals surface area contributed by atoms with Gasteiger partial charge in [-0.15, -0.1) is 0 Å². The lowest BCUT2D eigenvalue weighted by Gasteiger charge is -2.15. The van der Waals surface area contributed by atoms with E-state index in [4.69, 9.17) is 25.8 Å². The highest BCUT2D eigenvalue weighted by atomic mass is 35.5. The lowest BCUT2D eigenvalue weighted by Crippen LogP contribution is -2.31. The maximum Gasteiger partial charge on any atom is 0.258 e. The maximum atomic E-state index is 12.0. The Labute approximate surface area is 139 Å². The third-order valence-electron chi connectivity index (χ3n) is 3.47. The van der Waals surface area contributed by atoms with E-state index in [2.05, 4.69) is 5.32 Å². The summed E-state index contributed by atoms with van der Waals surface area (Å²) in [6.07, 6.45) is 0. The summed E-state index contributed by atoms with van der Waals surface area (Å²) in [6.45, 7) is 2.02. The van der Waals surface area contributed by atoms with E-state index in [1.807, 2.05) is 25.1 Å². The van der Waals surface area contributed by atoms with Crippen LogP contribution in [-0.2, 0) is 4.79 Å². The average molecular weight is 334 g/mol. The van der Waals surface area contributed by atoms with Crippen LogP contribution in [0, 0.1) is 0 Å². The number of hydrogen-bond donors (Lipinski definition) is 1. The smallest absolute Gasteiger partial charge is 0.258 e. The molecule has 0 bridgehead atoms. The number of halogens is 1. The van der Waals surface area contributed by atoms with Crippen molar-refractivity contribution < 1.29 is 19.0 Å². The summed E-state index contributed by atoms with van der Waals surface area (Å²) < 4.78 is 16.0. The van der Waals surface area contributed by atoms with Gasteiger partial charge in [0.1, 0.15) is 5.75 Å². The monoisotopic (exact) mass is 333 g/mol. The second-order valence-corrected chi connectivity index (χ2v) is 5.53. The van der Waals surface area contributed by atoms with Crippen molar-refractivity contribution in [3.8, 4) is 17.2 Å². The quantitative estimate of drug-likeness (QED) is 0.912. The van der Waals surface area contributed by atoms with E-state index in [1.54, 1.807) is 24.3 Å². The fraction of sp³-hybridized carbons (Fsp3) is 0.235. The van der Waals surface area contributed by atoms with Gasteiger partial charge < -0.3 is 19.5 Å². The Bertz CT molecular complexity index is 719. The first kappa shape index (κ1) is 15.5. The van der Waals surface area contributed by atoms with E-state index in [-0.39, 0.29) is 25.3 Å². The Balaban J connectivity index is 1.56. The van der Waals surface area contributed by atoms with Crippen LogP contribution in [0.15, 0.2) is 42.5 Å². The molecule has 1 aliphatic rings. The molecular weight excluding hydrogens is 318 g/mol. The summed E-state index contributed by atoms with van der Waals surface area (Å²) in [7, 11) is 0. The van der Waals surface area contributed by atoms with Gasteiger partial charge in [-0.3, -0.25) is 4.79 Å². The molecule has 120 valence electrons. The number of carbonyl (C=O) groups is 1. The number of hydrogen-bond acceptors (Lipinski definition) is 4. The number of amides is 1. The van der Waals surface area contributed by atoms with E-state index in [9.17, 15) is 4.79 Å². The minimum absolute atomic E-state index is 0.0986. The maximum absolute atomic E-state index is 12.0. The van der Waals surface area contributed by atoms with E-state index >= 15 is 0 Å². The molecule has 0 aromatic heterocycles. The molecule has 3 rings (SSSR count). The highest BCUT2D eigenvalue weighted by Gasteiger charge is 2.17. The molecular formula is C17H16ClNO4. The molecule has 1 aliphatic heterocycles. The summed E-state index contributed by atoms with van der Waals surface area (Å²) in [5.74, 6) is 1.67. The molecule has 23 heavy (non-hydrogen) atoms. The molecule has 5 nitrogen and oxygen atoms in total. The van der Waals surface area contributed by atoms with Gasteiger partial charge in [0, 0.05) is 0 Å². The SMILES string of the molecule is CC(NC(=O)COc1ccccc1Cl)c1ccc2c(c1)OCO2. The van der Waals surface area contributed by atoms with Crippen LogP contribution < -0.4 is 19.5 Å². The summed E-state index contributed by atoms with van der Waals surface area (Å²) >= 11 is 5.98. The van der Waals surface area contributed by atoms with Crippen molar-refractivity contribution in [3.63, 3.8) is 0 Å². The zero-order valence-electron chi connectivity index (χ0n) is 12.5. The first-order valence-electron chi connectivity index (χ1n) is 7.20. The van der Waals surface area contributed by atoms with Crippen LogP contribution in [0.5, 0.6) is 17.2 Å². The Hall–Kier alpha value is -2.40. The van der Waals surface area contributed by atoms with Crippen molar-refractivity contribution >= 4 is 17.5 Å². The van der Waals surface area contributed by atoms with Gasteiger partial charge in [0.2, 0.25) is 6.79 Å². The van der Waals surface area contributed by atoms with Crippen LogP contribution in [0.2, 0.25) is 5.02 Å². The summed E-state index contributed by atoms with van der Waals surface area (Å²) in [5.41, 5.74) is 0.931. The van der Waals surface area contributed by atoms with E-state index in [1.165, 1.54) is 0 Å². The molecule has 0 fully saturated rings. The van der Waals surface area contributed by atoms with Gasteiger partial charge in [0.05, 0.1) is 11.1 Å². The normalized spacial score (nSPS) is 13.5. The van der Waals surface area contributed by atoms with Crippen LogP contribution in [-0.4, -0.2) is 19.3 Å². The van der Waals surface area contributed by atoms with Crippen molar-refractivity contribution in [2.24, 2.45) is 0 Å². The van der Waals surface area contributed by atoms with Crippen LogP contribution >= 0.6 is 11.6 Å². The third kappa shape index (κ3) is 3.68. The fourth-order valence-corrected chi connectivity index (χ4v) is 2.44. The molecule has 0 radical (unpaired) electrons. The Morgan fingerprint density at radius 2 is 2.04 bits per heavy atom. The van der Waals surface area contributed by atoms with Crippen LogP contribution in [0.4, 0.5) is 0 Å². The summed E-state index contributed by atoms with van der Waals surface area (Å²) in [5, 5.41) is 3.35. The van der Waals surface area contributed by atoms with Crippen molar-refractivity contribution in [2.75, 3.05) is 13.4 Å². The Kier molecular flexibility index (Phi) is 4.57. The average Bonchev–Trinajstić information content (AvgIpc) is 3.01. The lowest BCUT2D eigenvalue weighted by molar-refractivity contribution is -0.123. The van der Waals surface area contributed by atoms with Crippen molar-refractivity contribution in [1.29, 1.82) is 0 Å². The molecule has 0 saturated heterocycles. The minimum Gasteiger partial charge on any atom is -0.482 e. The first-order valence-corrected chi connectivity index (χ1v) is 7.57. The topological polar surface area (TPSA) is 56.8 Å². The van der Waals surface area contributed by atoms with Gasteiger partial charge in [-0.05, 0) is 36.8 Å². The number of benzene rings is 2. The summed E-state index contributed by atoms with van der Waals surface area (Å²) in [4.78, 5) is 12.0. The second kappa shape index (κ2) is 6.79. The number of carbonyl (C=O) groups excluding carboxylic acids is 1. The van der Waals surface area contributed by atoms with E-state index < -0.39 is 0 Å². The number of para-hydroxylation sites is 1. The molecule has 0 spiro atoms. The van der Waals surface area contributed by atoms with Gasteiger partial charge in [-0.1, -0.05) is 29.8 Å². The molecule has 2 aromatic carbocycles. The van der Waals surface area contributed by atoms with Crippen molar-refractivity contribution in [3.05, 3.63) is 53.1 Å². The zero-order valence-corrected chi connectivity index (χ0v) is 13.3. The van der Waals surface area contributed by atoms with Gasteiger partial charge in [0.15, 0.2) is 18.1 Å². The molecule has 0 saturated carbocycles. The van der Waals surface area contributed by atoms with Gasteiger partial charge in [-0.25, -0.2) is 0 Å². The van der Waals surface area contributed by atoms with Gasteiger partial charge in [0.25, 0.3) is 5.91 Å². The van der Waals surface area contributed by atoms with E-state index in [0.717, 1.165) is 5.56 Å². The predicted octanol–water partition coefficient (Wildman–Crippen LogP) is 3.32. The number of fused-ring (bicyclic) bond motifs is 1. The first-order chi connectivity index (χ1) is 11.1. The van der Waals surface area contributed by atoms with Gasteiger partial charge in [-0.2, -0.15) is 0 Å². The molecule has 1 amide bonds. The molecule has 1 N–H and O–H groups in total. The third-order valence-corrected chi connectivity index (χ3v) is 3.78. The highest BCUT2D eigenvalue weighted by Crippen LogP contribution is 2.34. The van der Waals surface area contributed by atoms with Crippen molar-refractivity contribution in [1.82, 2.24) is 5.32 Å². The standard InChI is InChI=1S/C17H16ClNO4/c1-11(12-6-7-15-16(8-12)23-10-22-15)19-17(20)9-21-14-5-3-2-4-13(14)18/h2-8,11H,9-10H2,1H3,(H,19,20). The largest absolute Gasteiger partial charge is 0.482 e. The highest BCUT2D eigenvalue weighted by molar-refractivity contribution is 6.32. The Morgan fingerprint density at radius 1 is 1.26 bits per heavy atom. The van der Waals surface area contributed by atoms with Crippen LogP contribution in [0.25, 0.3) is 0 Å². The molecule has 0 aliphatic carbocycles. The number of nitrogens with one attached hydrogen (secondary N) is 1. The summed E-state index contributed by atoms with van der Waals surface area (Å²) in [6, 6.07) is 12.5. The molecule has 2 aromatic rings. The molecule has 6 heteroatoms.